The SMILES string of the molecule is CCC1NCC2CCCN2[C@@H](CC(C)C)[C@@H]1C. The predicted molar refractivity (Wildman–Crippen MR) is 74.2 cm³/mol. The first-order chi connectivity index (χ1) is 8.13. The summed E-state index contributed by atoms with van der Waals surface area (Å²) in [6.07, 6.45) is 5.46. The van der Waals surface area contributed by atoms with E-state index in [0.717, 1.165) is 30.0 Å². The van der Waals surface area contributed by atoms with E-state index >= 15 is 0 Å². The van der Waals surface area contributed by atoms with Crippen LogP contribution in [0.4, 0.5) is 0 Å². The Labute approximate surface area is 107 Å². The van der Waals surface area contributed by atoms with Crippen molar-refractivity contribution in [1.82, 2.24) is 10.2 Å². The average molecular weight is 238 g/mol. The van der Waals surface area contributed by atoms with Crippen LogP contribution in [0.15, 0.2) is 0 Å². The minimum atomic E-state index is 0.726. The van der Waals surface area contributed by atoms with Gasteiger partial charge in [0.1, 0.15) is 0 Å². The van der Waals surface area contributed by atoms with Crippen molar-refractivity contribution in [2.75, 3.05) is 13.1 Å². The maximum absolute atomic E-state index is 3.81. The Hall–Kier alpha value is -0.0800. The third-order valence-electron chi connectivity index (χ3n) is 4.86. The molecule has 2 heterocycles. The van der Waals surface area contributed by atoms with Crippen molar-refractivity contribution >= 4 is 0 Å². The number of fused-ring (bicyclic) bond motifs is 1. The van der Waals surface area contributed by atoms with E-state index in [-0.39, 0.29) is 0 Å². The van der Waals surface area contributed by atoms with E-state index in [0.29, 0.717) is 0 Å². The Morgan fingerprint density at radius 2 is 2.12 bits per heavy atom. The molecule has 0 aromatic heterocycles. The van der Waals surface area contributed by atoms with Crippen LogP contribution in [0, 0.1) is 11.8 Å². The van der Waals surface area contributed by atoms with E-state index in [1.807, 2.05) is 0 Å². The molecule has 0 aromatic carbocycles. The van der Waals surface area contributed by atoms with E-state index in [9.17, 15) is 0 Å². The lowest BCUT2D eigenvalue weighted by Gasteiger charge is -2.36. The van der Waals surface area contributed by atoms with E-state index in [2.05, 4.69) is 37.9 Å². The number of hydrogen-bond acceptors (Lipinski definition) is 2. The lowest BCUT2D eigenvalue weighted by atomic mass is 9.86. The highest BCUT2D eigenvalue weighted by Gasteiger charge is 2.38. The van der Waals surface area contributed by atoms with E-state index in [1.165, 1.54) is 38.8 Å². The van der Waals surface area contributed by atoms with Crippen LogP contribution in [0.2, 0.25) is 0 Å². The summed E-state index contributed by atoms with van der Waals surface area (Å²) in [5, 5.41) is 3.81. The van der Waals surface area contributed by atoms with Gasteiger partial charge in [-0.2, -0.15) is 0 Å². The van der Waals surface area contributed by atoms with Gasteiger partial charge in [-0.1, -0.05) is 27.7 Å². The van der Waals surface area contributed by atoms with Crippen molar-refractivity contribution in [1.29, 1.82) is 0 Å². The summed E-state index contributed by atoms with van der Waals surface area (Å²) in [6, 6.07) is 2.35. The van der Waals surface area contributed by atoms with Crippen LogP contribution in [0.25, 0.3) is 0 Å². The predicted octanol–water partition coefficient (Wildman–Crippen LogP) is 2.88. The van der Waals surface area contributed by atoms with Gasteiger partial charge in [0, 0.05) is 24.7 Å². The summed E-state index contributed by atoms with van der Waals surface area (Å²) in [6.45, 7) is 12.1. The summed E-state index contributed by atoms with van der Waals surface area (Å²) in [5.74, 6) is 1.62. The van der Waals surface area contributed by atoms with Crippen molar-refractivity contribution in [2.45, 2.75) is 71.5 Å². The zero-order chi connectivity index (χ0) is 12.4. The van der Waals surface area contributed by atoms with Gasteiger partial charge >= 0.3 is 0 Å². The fourth-order valence-corrected chi connectivity index (χ4v) is 3.91. The normalized spacial score (nSPS) is 39.4. The highest BCUT2D eigenvalue weighted by Crippen LogP contribution is 2.32. The van der Waals surface area contributed by atoms with Gasteiger partial charge in [0.2, 0.25) is 0 Å². The monoisotopic (exact) mass is 238 g/mol. The van der Waals surface area contributed by atoms with Gasteiger partial charge in [0.25, 0.3) is 0 Å². The van der Waals surface area contributed by atoms with Gasteiger partial charge < -0.3 is 5.32 Å². The molecule has 2 saturated heterocycles. The Balaban J connectivity index is 2.13. The first kappa shape index (κ1) is 13.4. The van der Waals surface area contributed by atoms with Gasteiger partial charge in [-0.15, -0.1) is 0 Å². The maximum atomic E-state index is 3.81. The van der Waals surface area contributed by atoms with Crippen LogP contribution in [-0.4, -0.2) is 36.1 Å². The molecule has 2 aliphatic rings. The molecule has 2 fully saturated rings. The first-order valence-corrected chi connectivity index (χ1v) is 7.62. The summed E-state index contributed by atoms with van der Waals surface area (Å²) < 4.78 is 0. The second kappa shape index (κ2) is 5.71. The van der Waals surface area contributed by atoms with Gasteiger partial charge in [-0.25, -0.2) is 0 Å². The van der Waals surface area contributed by atoms with Gasteiger partial charge in [0.15, 0.2) is 0 Å². The first-order valence-electron chi connectivity index (χ1n) is 7.62. The fraction of sp³-hybridized carbons (Fsp3) is 1.00. The van der Waals surface area contributed by atoms with Gasteiger partial charge in [-0.05, 0) is 44.1 Å². The Morgan fingerprint density at radius 1 is 1.35 bits per heavy atom. The van der Waals surface area contributed by atoms with Crippen LogP contribution in [-0.2, 0) is 0 Å². The smallest absolute Gasteiger partial charge is 0.0224 e. The zero-order valence-electron chi connectivity index (χ0n) is 12.1. The largest absolute Gasteiger partial charge is 0.312 e. The molecule has 0 bridgehead atoms. The summed E-state index contributed by atoms with van der Waals surface area (Å²) in [4.78, 5) is 2.83. The average Bonchev–Trinajstić information content (AvgIpc) is 2.70. The van der Waals surface area contributed by atoms with Crippen LogP contribution in [0.5, 0.6) is 0 Å². The molecule has 4 atom stereocenters. The standard InChI is InChI=1S/C15H30N2/c1-5-14-12(4)15(9-11(2)3)17-8-6-7-13(17)10-16-14/h11-16H,5-10H2,1-4H3/t12-,13?,14?,15+/m1/s1. The minimum absolute atomic E-state index is 0.726. The Kier molecular flexibility index (Phi) is 4.48. The second-order valence-electron chi connectivity index (χ2n) is 6.51. The third-order valence-corrected chi connectivity index (χ3v) is 4.86. The molecule has 0 radical (unpaired) electrons. The number of hydrogen-bond donors (Lipinski definition) is 1. The highest BCUT2D eigenvalue weighted by atomic mass is 15.2. The van der Waals surface area contributed by atoms with Crippen molar-refractivity contribution in [3.8, 4) is 0 Å². The second-order valence-corrected chi connectivity index (χ2v) is 6.51. The third kappa shape index (κ3) is 2.85. The lowest BCUT2D eigenvalue weighted by molar-refractivity contribution is 0.125. The van der Waals surface area contributed by atoms with Crippen LogP contribution < -0.4 is 5.32 Å². The van der Waals surface area contributed by atoms with E-state index < -0.39 is 0 Å². The summed E-state index contributed by atoms with van der Waals surface area (Å²) in [5.41, 5.74) is 0. The highest BCUT2D eigenvalue weighted by molar-refractivity contribution is 4.95. The van der Waals surface area contributed by atoms with Crippen molar-refractivity contribution in [2.24, 2.45) is 11.8 Å². The maximum Gasteiger partial charge on any atom is 0.0224 e. The number of rotatable bonds is 3. The van der Waals surface area contributed by atoms with Crippen molar-refractivity contribution in [3.63, 3.8) is 0 Å². The van der Waals surface area contributed by atoms with Crippen LogP contribution in [0.3, 0.4) is 0 Å². The molecule has 0 aromatic rings. The molecular weight excluding hydrogens is 208 g/mol. The Bertz CT molecular complexity index is 237. The van der Waals surface area contributed by atoms with E-state index in [4.69, 9.17) is 0 Å². The molecule has 100 valence electrons. The minimum Gasteiger partial charge on any atom is -0.312 e. The summed E-state index contributed by atoms with van der Waals surface area (Å²) in [7, 11) is 0. The molecule has 2 aliphatic heterocycles. The van der Waals surface area contributed by atoms with Crippen LogP contribution in [0.1, 0.15) is 53.4 Å². The molecule has 1 N–H and O–H groups in total. The molecule has 2 heteroatoms. The molecule has 0 aliphatic carbocycles. The lowest BCUT2D eigenvalue weighted by Crippen LogP contribution is -2.44. The molecule has 0 amide bonds. The molecular formula is C15H30N2. The summed E-state index contributed by atoms with van der Waals surface area (Å²) >= 11 is 0. The molecule has 0 saturated carbocycles. The van der Waals surface area contributed by atoms with Gasteiger partial charge in [-0.3, -0.25) is 4.90 Å². The van der Waals surface area contributed by atoms with Crippen molar-refractivity contribution in [3.05, 3.63) is 0 Å². The number of nitrogens with one attached hydrogen (secondary N) is 1. The molecule has 2 unspecified atom stereocenters. The Morgan fingerprint density at radius 3 is 2.76 bits per heavy atom. The topological polar surface area (TPSA) is 15.3 Å². The van der Waals surface area contributed by atoms with E-state index in [1.54, 1.807) is 0 Å². The molecule has 2 nitrogen and oxygen atoms in total. The zero-order valence-corrected chi connectivity index (χ0v) is 12.1. The van der Waals surface area contributed by atoms with Crippen molar-refractivity contribution < 1.29 is 0 Å². The fourth-order valence-electron chi connectivity index (χ4n) is 3.91. The molecule has 2 rings (SSSR count). The molecule has 17 heavy (non-hydrogen) atoms. The molecule has 0 spiro atoms. The number of nitrogens with zero attached hydrogens (tertiary/aromatic N) is 1. The van der Waals surface area contributed by atoms with Gasteiger partial charge in [0.05, 0.1) is 0 Å². The quantitative estimate of drug-likeness (QED) is 0.813. The van der Waals surface area contributed by atoms with Crippen LogP contribution >= 0.6 is 0 Å².